The number of rotatable bonds is 5. The Kier molecular flexibility index (Phi) is 5.29. The molecule has 0 bridgehead atoms. The molecule has 0 heterocycles. The average molecular weight is 242 g/mol. The van der Waals surface area contributed by atoms with Crippen LogP contribution in [0.15, 0.2) is 24.3 Å². The first-order valence-corrected chi connectivity index (χ1v) is 5.67. The molecule has 16 heavy (non-hydrogen) atoms. The number of aryl methyl sites for hydroxylation is 1. The number of hydrogen-bond acceptors (Lipinski definition) is 2. The van der Waals surface area contributed by atoms with Crippen molar-refractivity contribution < 1.29 is 9.53 Å². The number of hydrogen-bond donors (Lipinski definition) is 1. The maximum Gasteiger partial charge on any atom is 0.244 e. The van der Waals surface area contributed by atoms with Crippen LogP contribution in [0.4, 0.5) is 5.69 Å². The second-order valence-electron chi connectivity index (χ2n) is 3.43. The monoisotopic (exact) mass is 241 g/mol. The van der Waals surface area contributed by atoms with Gasteiger partial charge in [-0.1, -0.05) is 18.2 Å². The van der Waals surface area contributed by atoms with Gasteiger partial charge in [-0.15, -0.1) is 11.6 Å². The first kappa shape index (κ1) is 13.0. The average Bonchev–Trinajstić information content (AvgIpc) is 2.28. The van der Waals surface area contributed by atoms with E-state index in [-0.39, 0.29) is 12.5 Å². The van der Waals surface area contributed by atoms with Gasteiger partial charge in [0, 0.05) is 12.3 Å². The van der Waals surface area contributed by atoms with Gasteiger partial charge in [-0.25, -0.2) is 0 Å². The summed E-state index contributed by atoms with van der Waals surface area (Å²) in [6.45, 7) is 4.58. The number of carbonyl (C=O) groups is 1. The third kappa shape index (κ3) is 3.83. The molecule has 0 aliphatic heterocycles. The molecule has 3 nitrogen and oxygen atoms in total. The largest absolute Gasteiger partial charge is 0.380 e. The molecule has 4 heteroatoms. The van der Waals surface area contributed by atoms with Crippen LogP contribution in [-0.4, -0.2) is 24.5 Å². The molecule has 0 aliphatic rings. The molecule has 88 valence electrons. The molecular formula is C12H16ClNO2. The first-order valence-electron chi connectivity index (χ1n) is 5.23. The van der Waals surface area contributed by atoms with E-state index in [1.807, 2.05) is 38.1 Å². The van der Waals surface area contributed by atoms with Crippen molar-refractivity contribution in [3.63, 3.8) is 0 Å². The minimum Gasteiger partial charge on any atom is -0.380 e. The Hall–Kier alpha value is -1.06. The topological polar surface area (TPSA) is 38.3 Å². The van der Waals surface area contributed by atoms with Gasteiger partial charge in [0.2, 0.25) is 5.91 Å². The third-order valence-corrected chi connectivity index (χ3v) is 2.48. The molecule has 1 rings (SSSR count). The predicted molar refractivity (Wildman–Crippen MR) is 65.9 cm³/mol. The van der Waals surface area contributed by atoms with Crippen molar-refractivity contribution in [2.75, 3.05) is 18.5 Å². The van der Waals surface area contributed by atoms with Crippen molar-refractivity contribution in [1.29, 1.82) is 0 Å². The number of amides is 1. The zero-order valence-corrected chi connectivity index (χ0v) is 10.3. The summed E-state index contributed by atoms with van der Waals surface area (Å²) in [4.78, 5) is 11.6. The SMILES string of the molecule is CCOCC(Cl)C(=O)Nc1ccccc1C. The molecule has 1 N–H and O–H groups in total. The van der Waals surface area contributed by atoms with Crippen LogP contribution in [0, 0.1) is 6.92 Å². The van der Waals surface area contributed by atoms with Crippen LogP contribution >= 0.6 is 11.6 Å². The highest BCUT2D eigenvalue weighted by atomic mass is 35.5. The van der Waals surface area contributed by atoms with Gasteiger partial charge in [0.15, 0.2) is 0 Å². The molecule has 0 fully saturated rings. The van der Waals surface area contributed by atoms with Gasteiger partial charge in [0.1, 0.15) is 5.38 Å². The van der Waals surface area contributed by atoms with Crippen LogP contribution in [0.2, 0.25) is 0 Å². The Morgan fingerprint density at radius 2 is 2.19 bits per heavy atom. The molecule has 0 aromatic heterocycles. The Morgan fingerprint density at radius 3 is 2.81 bits per heavy atom. The van der Waals surface area contributed by atoms with E-state index in [1.165, 1.54) is 0 Å². The summed E-state index contributed by atoms with van der Waals surface area (Å²) in [7, 11) is 0. The van der Waals surface area contributed by atoms with E-state index in [1.54, 1.807) is 0 Å². The fourth-order valence-electron chi connectivity index (χ4n) is 1.22. The summed E-state index contributed by atoms with van der Waals surface area (Å²) in [5.74, 6) is -0.232. The van der Waals surface area contributed by atoms with Gasteiger partial charge in [0.25, 0.3) is 0 Å². The van der Waals surface area contributed by atoms with Crippen molar-refractivity contribution in [3.05, 3.63) is 29.8 Å². The molecule has 1 unspecified atom stereocenters. The number of ether oxygens (including phenoxy) is 1. The molecule has 1 atom stereocenters. The standard InChI is InChI=1S/C12H16ClNO2/c1-3-16-8-10(13)12(15)14-11-7-5-4-6-9(11)2/h4-7,10H,3,8H2,1-2H3,(H,14,15). The summed E-state index contributed by atoms with van der Waals surface area (Å²) in [5.41, 5.74) is 1.80. The second kappa shape index (κ2) is 6.51. The number of halogens is 1. The normalized spacial score (nSPS) is 12.2. The lowest BCUT2D eigenvalue weighted by molar-refractivity contribution is -0.116. The summed E-state index contributed by atoms with van der Waals surface area (Å²) in [6, 6.07) is 7.57. The van der Waals surface area contributed by atoms with Gasteiger partial charge in [-0.2, -0.15) is 0 Å². The van der Waals surface area contributed by atoms with E-state index < -0.39 is 5.38 Å². The van der Waals surface area contributed by atoms with Crippen LogP contribution in [0.3, 0.4) is 0 Å². The number of carbonyl (C=O) groups excluding carboxylic acids is 1. The summed E-state index contributed by atoms with van der Waals surface area (Å²) < 4.78 is 5.09. The Bertz CT molecular complexity index is 355. The highest BCUT2D eigenvalue weighted by Gasteiger charge is 2.15. The number of benzene rings is 1. The Morgan fingerprint density at radius 1 is 1.50 bits per heavy atom. The van der Waals surface area contributed by atoms with Crippen LogP contribution in [0.5, 0.6) is 0 Å². The summed E-state index contributed by atoms with van der Waals surface area (Å²) in [6.07, 6.45) is 0. The number of nitrogens with one attached hydrogen (secondary N) is 1. The van der Waals surface area contributed by atoms with Crippen LogP contribution < -0.4 is 5.32 Å². The van der Waals surface area contributed by atoms with Crippen LogP contribution in [0.1, 0.15) is 12.5 Å². The molecule has 0 radical (unpaired) electrons. The minimum atomic E-state index is -0.653. The van der Waals surface area contributed by atoms with Crippen LogP contribution in [0.25, 0.3) is 0 Å². The maximum absolute atomic E-state index is 11.6. The Labute approximate surface area is 101 Å². The van der Waals surface area contributed by atoms with Crippen molar-refractivity contribution >= 4 is 23.2 Å². The molecule has 1 amide bonds. The lowest BCUT2D eigenvalue weighted by atomic mass is 10.2. The first-order chi connectivity index (χ1) is 7.65. The van der Waals surface area contributed by atoms with Gasteiger partial charge in [-0.3, -0.25) is 4.79 Å². The van der Waals surface area contributed by atoms with Gasteiger partial charge in [0.05, 0.1) is 6.61 Å². The quantitative estimate of drug-likeness (QED) is 0.805. The van der Waals surface area contributed by atoms with Gasteiger partial charge in [-0.05, 0) is 25.5 Å². The van der Waals surface area contributed by atoms with Crippen molar-refractivity contribution in [3.8, 4) is 0 Å². The lowest BCUT2D eigenvalue weighted by Gasteiger charge is -2.11. The van der Waals surface area contributed by atoms with E-state index >= 15 is 0 Å². The maximum atomic E-state index is 11.6. The lowest BCUT2D eigenvalue weighted by Crippen LogP contribution is -2.27. The van der Waals surface area contributed by atoms with Crippen LogP contribution in [-0.2, 0) is 9.53 Å². The highest BCUT2D eigenvalue weighted by molar-refractivity contribution is 6.32. The fourth-order valence-corrected chi connectivity index (χ4v) is 1.36. The third-order valence-electron chi connectivity index (χ3n) is 2.16. The number of anilines is 1. The zero-order valence-electron chi connectivity index (χ0n) is 9.50. The van der Waals surface area contributed by atoms with E-state index in [0.717, 1.165) is 11.3 Å². The molecule has 0 saturated heterocycles. The molecule has 0 saturated carbocycles. The van der Waals surface area contributed by atoms with E-state index in [4.69, 9.17) is 16.3 Å². The van der Waals surface area contributed by atoms with Crippen molar-refractivity contribution in [2.24, 2.45) is 0 Å². The smallest absolute Gasteiger partial charge is 0.244 e. The van der Waals surface area contributed by atoms with Gasteiger partial charge >= 0.3 is 0 Å². The summed E-state index contributed by atoms with van der Waals surface area (Å²) in [5, 5.41) is 2.11. The van der Waals surface area contributed by atoms with E-state index in [0.29, 0.717) is 6.61 Å². The highest BCUT2D eigenvalue weighted by Crippen LogP contribution is 2.14. The molecular weight excluding hydrogens is 226 g/mol. The van der Waals surface area contributed by atoms with Crippen molar-refractivity contribution in [1.82, 2.24) is 0 Å². The van der Waals surface area contributed by atoms with Gasteiger partial charge < -0.3 is 10.1 Å². The predicted octanol–water partition coefficient (Wildman–Crippen LogP) is 2.58. The molecule has 1 aromatic carbocycles. The molecule has 0 spiro atoms. The summed E-state index contributed by atoms with van der Waals surface area (Å²) >= 11 is 5.88. The number of alkyl halides is 1. The minimum absolute atomic E-state index is 0.232. The second-order valence-corrected chi connectivity index (χ2v) is 3.96. The molecule has 1 aromatic rings. The van der Waals surface area contributed by atoms with Crippen molar-refractivity contribution in [2.45, 2.75) is 19.2 Å². The van der Waals surface area contributed by atoms with E-state index in [2.05, 4.69) is 5.32 Å². The number of para-hydroxylation sites is 1. The molecule has 0 aliphatic carbocycles. The fraction of sp³-hybridized carbons (Fsp3) is 0.417. The van der Waals surface area contributed by atoms with E-state index in [9.17, 15) is 4.79 Å². The Balaban J connectivity index is 2.54. The zero-order chi connectivity index (χ0) is 12.0.